The Hall–Kier alpha value is -2.43. The fourth-order valence-corrected chi connectivity index (χ4v) is 1.78. The molecule has 0 aliphatic heterocycles. The molecule has 0 radical (unpaired) electrons. The summed E-state index contributed by atoms with van der Waals surface area (Å²) in [6.07, 6.45) is 0. The fraction of sp³-hybridized carbons (Fsp3) is 0.143. The molecule has 5 heteroatoms. The number of halogens is 1. The largest absolute Gasteiger partial charge is 0.507 e. The van der Waals surface area contributed by atoms with E-state index >= 15 is 0 Å². The van der Waals surface area contributed by atoms with E-state index in [2.05, 4.69) is 10.3 Å². The second kappa shape index (κ2) is 5.06. The van der Waals surface area contributed by atoms with E-state index in [4.69, 9.17) is 0 Å². The number of carbonyl (C=O) groups excluding carboxylic acids is 1. The van der Waals surface area contributed by atoms with Crippen molar-refractivity contribution in [1.82, 2.24) is 4.98 Å². The number of nitrogens with zero attached hydrogens (tertiary/aromatic N) is 1. The van der Waals surface area contributed by atoms with Gasteiger partial charge in [-0.2, -0.15) is 0 Å². The van der Waals surface area contributed by atoms with Crippen molar-refractivity contribution in [2.75, 3.05) is 5.32 Å². The zero-order valence-electron chi connectivity index (χ0n) is 10.6. The molecular weight excluding hydrogens is 247 g/mol. The Morgan fingerprint density at radius 2 is 2.00 bits per heavy atom. The van der Waals surface area contributed by atoms with Gasteiger partial charge in [-0.05, 0) is 49.7 Å². The first-order chi connectivity index (χ1) is 8.95. The van der Waals surface area contributed by atoms with Crippen LogP contribution in [0.25, 0.3) is 0 Å². The minimum Gasteiger partial charge on any atom is -0.507 e. The molecule has 1 aromatic heterocycles. The predicted molar refractivity (Wildman–Crippen MR) is 69.7 cm³/mol. The molecule has 1 amide bonds. The molecule has 0 fully saturated rings. The Labute approximate surface area is 109 Å². The van der Waals surface area contributed by atoms with E-state index in [1.54, 1.807) is 6.07 Å². The summed E-state index contributed by atoms with van der Waals surface area (Å²) in [5.41, 5.74) is 1.59. The van der Waals surface area contributed by atoms with Gasteiger partial charge in [0.15, 0.2) is 0 Å². The number of nitrogens with one attached hydrogen (secondary N) is 1. The predicted octanol–water partition coefficient (Wildman–Crippen LogP) is 2.80. The Morgan fingerprint density at radius 3 is 2.68 bits per heavy atom. The van der Waals surface area contributed by atoms with E-state index in [0.29, 0.717) is 5.82 Å². The van der Waals surface area contributed by atoms with Gasteiger partial charge in [-0.3, -0.25) is 4.79 Å². The van der Waals surface area contributed by atoms with Gasteiger partial charge in [0.2, 0.25) is 0 Å². The zero-order chi connectivity index (χ0) is 14.0. The maximum absolute atomic E-state index is 13.1. The van der Waals surface area contributed by atoms with E-state index in [0.717, 1.165) is 29.5 Å². The molecule has 0 saturated heterocycles. The van der Waals surface area contributed by atoms with Crippen LogP contribution in [0.4, 0.5) is 10.2 Å². The highest BCUT2D eigenvalue weighted by Crippen LogP contribution is 2.19. The van der Waals surface area contributed by atoms with Gasteiger partial charge in [0.1, 0.15) is 17.4 Å². The average molecular weight is 260 g/mol. The second-order valence-corrected chi connectivity index (χ2v) is 4.29. The van der Waals surface area contributed by atoms with Crippen LogP contribution >= 0.6 is 0 Å². The molecular formula is C14H13FN2O2. The minimum atomic E-state index is -0.602. The molecule has 98 valence electrons. The SMILES string of the molecule is Cc1cc(C)nc(NC(=O)c2cc(F)ccc2O)c1. The highest BCUT2D eigenvalue weighted by molar-refractivity contribution is 6.05. The first kappa shape index (κ1) is 13.0. The topological polar surface area (TPSA) is 62.2 Å². The Bertz CT molecular complexity index is 621. The number of carbonyl (C=O) groups is 1. The summed E-state index contributed by atoms with van der Waals surface area (Å²) < 4.78 is 13.1. The van der Waals surface area contributed by atoms with Gasteiger partial charge in [0, 0.05) is 5.69 Å². The highest BCUT2D eigenvalue weighted by Gasteiger charge is 2.13. The summed E-state index contributed by atoms with van der Waals surface area (Å²) in [6.45, 7) is 3.69. The van der Waals surface area contributed by atoms with Crippen LogP contribution in [-0.2, 0) is 0 Å². The fourth-order valence-electron chi connectivity index (χ4n) is 1.78. The van der Waals surface area contributed by atoms with Gasteiger partial charge in [-0.15, -0.1) is 0 Å². The molecule has 0 unspecified atom stereocenters. The second-order valence-electron chi connectivity index (χ2n) is 4.29. The molecule has 19 heavy (non-hydrogen) atoms. The Balaban J connectivity index is 2.28. The summed E-state index contributed by atoms with van der Waals surface area (Å²) in [4.78, 5) is 16.1. The van der Waals surface area contributed by atoms with Crippen LogP contribution in [0.3, 0.4) is 0 Å². The lowest BCUT2D eigenvalue weighted by molar-refractivity contribution is 0.102. The number of benzene rings is 1. The number of aromatic hydroxyl groups is 1. The zero-order valence-corrected chi connectivity index (χ0v) is 10.6. The van der Waals surface area contributed by atoms with Gasteiger partial charge >= 0.3 is 0 Å². The number of rotatable bonds is 2. The average Bonchev–Trinajstić information content (AvgIpc) is 2.30. The first-order valence-electron chi connectivity index (χ1n) is 5.71. The standard InChI is InChI=1S/C14H13FN2O2/c1-8-5-9(2)16-13(6-8)17-14(19)11-7-10(15)3-4-12(11)18/h3-7,18H,1-2H3,(H,16,17,19). The van der Waals surface area contributed by atoms with E-state index < -0.39 is 11.7 Å². The number of aromatic nitrogens is 1. The normalized spacial score (nSPS) is 10.3. The molecule has 1 heterocycles. The molecule has 0 spiro atoms. The summed E-state index contributed by atoms with van der Waals surface area (Å²) in [7, 11) is 0. The van der Waals surface area contributed by atoms with E-state index in [1.807, 2.05) is 19.9 Å². The molecule has 0 aliphatic rings. The van der Waals surface area contributed by atoms with Crippen LogP contribution in [0.15, 0.2) is 30.3 Å². The van der Waals surface area contributed by atoms with Gasteiger partial charge in [-0.25, -0.2) is 9.37 Å². The van der Waals surface area contributed by atoms with E-state index in [1.165, 1.54) is 0 Å². The van der Waals surface area contributed by atoms with Crippen molar-refractivity contribution in [2.24, 2.45) is 0 Å². The van der Waals surface area contributed by atoms with Gasteiger partial charge < -0.3 is 10.4 Å². The molecule has 2 rings (SSSR count). The minimum absolute atomic E-state index is 0.124. The van der Waals surface area contributed by atoms with Crippen LogP contribution in [-0.4, -0.2) is 16.0 Å². The summed E-state index contributed by atoms with van der Waals surface area (Å²) in [5.74, 6) is -1.10. The summed E-state index contributed by atoms with van der Waals surface area (Å²) >= 11 is 0. The quantitative estimate of drug-likeness (QED) is 0.872. The first-order valence-corrected chi connectivity index (χ1v) is 5.71. The molecule has 0 aliphatic carbocycles. The number of anilines is 1. The number of hydrogen-bond acceptors (Lipinski definition) is 3. The Morgan fingerprint density at radius 1 is 1.26 bits per heavy atom. The van der Waals surface area contributed by atoms with E-state index in [9.17, 15) is 14.3 Å². The monoisotopic (exact) mass is 260 g/mol. The summed E-state index contributed by atoms with van der Waals surface area (Å²) in [5, 5.41) is 12.1. The van der Waals surface area contributed by atoms with Crippen LogP contribution in [0, 0.1) is 19.7 Å². The van der Waals surface area contributed by atoms with Crippen LogP contribution in [0.2, 0.25) is 0 Å². The highest BCUT2D eigenvalue weighted by atomic mass is 19.1. The lowest BCUT2D eigenvalue weighted by atomic mass is 10.2. The molecule has 4 nitrogen and oxygen atoms in total. The van der Waals surface area contributed by atoms with Gasteiger partial charge in [0.25, 0.3) is 5.91 Å². The number of phenols is 1. The van der Waals surface area contributed by atoms with Crippen molar-refractivity contribution < 1.29 is 14.3 Å². The maximum atomic E-state index is 13.1. The number of hydrogen-bond donors (Lipinski definition) is 2. The number of phenolic OH excluding ortho intramolecular Hbond substituents is 1. The van der Waals surface area contributed by atoms with Crippen LogP contribution < -0.4 is 5.32 Å². The number of aryl methyl sites for hydroxylation is 2. The Kier molecular flexibility index (Phi) is 3.46. The van der Waals surface area contributed by atoms with Crippen LogP contribution in [0.5, 0.6) is 5.75 Å². The third-order valence-corrected chi connectivity index (χ3v) is 2.54. The molecule has 1 aromatic carbocycles. The smallest absolute Gasteiger partial charge is 0.260 e. The lowest BCUT2D eigenvalue weighted by Crippen LogP contribution is -2.14. The molecule has 0 atom stereocenters. The van der Waals surface area contributed by atoms with Crippen molar-refractivity contribution >= 4 is 11.7 Å². The molecule has 2 N–H and O–H groups in total. The number of pyridine rings is 1. The third kappa shape index (κ3) is 3.07. The van der Waals surface area contributed by atoms with Crippen molar-refractivity contribution in [3.05, 3.63) is 53.0 Å². The number of amides is 1. The summed E-state index contributed by atoms with van der Waals surface area (Å²) in [6, 6.07) is 6.77. The van der Waals surface area contributed by atoms with Gasteiger partial charge in [-0.1, -0.05) is 0 Å². The van der Waals surface area contributed by atoms with Crippen molar-refractivity contribution in [2.45, 2.75) is 13.8 Å². The van der Waals surface area contributed by atoms with E-state index in [-0.39, 0.29) is 11.3 Å². The molecule has 2 aromatic rings. The molecule has 0 saturated carbocycles. The maximum Gasteiger partial charge on any atom is 0.260 e. The lowest BCUT2D eigenvalue weighted by Gasteiger charge is -2.08. The van der Waals surface area contributed by atoms with Crippen molar-refractivity contribution in [3.63, 3.8) is 0 Å². The third-order valence-electron chi connectivity index (χ3n) is 2.54. The van der Waals surface area contributed by atoms with Gasteiger partial charge in [0.05, 0.1) is 5.56 Å². The molecule has 0 bridgehead atoms. The van der Waals surface area contributed by atoms with Crippen LogP contribution in [0.1, 0.15) is 21.6 Å². The van der Waals surface area contributed by atoms with Crippen molar-refractivity contribution in [1.29, 1.82) is 0 Å². The van der Waals surface area contributed by atoms with Crippen molar-refractivity contribution in [3.8, 4) is 5.75 Å².